The molecule has 4 heteroatoms. The lowest BCUT2D eigenvalue weighted by atomic mass is 9.85. The topological polar surface area (TPSA) is 32.3 Å². The third-order valence-corrected chi connectivity index (χ3v) is 2.62. The number of likely N-dealkylation sites (tertiary alicyclic amines) is 1. The number of carbonyl (C=O) groups excluding carboxylic acids is 1. The zero-order valence-corrected chi connectivity index (χ0v) is 9.12. The van der Waals surface area contributed by atoms with Crippen molar-refractivity contribution in [3.63, 3.8) is 0 Å². The Hall–Kier alpha value is -0.345. The average molecular weight is 194 g/mol. The second-order valence-corrected chi connectivity index (χ2v) is 4.09. The Morgan fingerprint density at radius 1 is 1.64 bits per heavy atom. The average Bonchev–Trinajstić information content (AvgIpc) is 2.41. The minimum atomic E-state index is 0.223. The smallest absolute Gasteiger partial charge is 0.143 e. The van der Waals surface area contributed by atoms with Gasteiger partial charge in [-0.25, -0.2) is 0 Å². The molecule has 1 N–H and O–H groups in total. The fourth-order valence-electron chi connectivity index (χ4n) is 2.03. The first-order valence-electron chi connectivity index (χ1n) is 5.33. The second kappa shape index (κ2) is 5.52. The van der Waals surface area contributed by atoms with E-state index in [2.05, 4.69) is 17.1 Å². The minimum absolute atomic E-state index is 0.223. The van der Waals surface area contributed by atoms with E-state index in [-0.39, 0.29) is 11.6 Å². The lowest BCUT2D eigenvalue weighted by Crippen LogP contribution is -2.40. The highest BCUT2D eigenvalue weighted by Gasteiger charge is 2.28. The number of hydrogen-bond donors (Lipinski definition) is 1. The van der Waals surface area contributed by atoms with Crippen molar-refractivity contribution in [3.8, 4) is 0 Å². The Balaban J connectivity index is 2.40. The van der Waals surface area contributed by atoms with Crippen LogP contribution in [0.5, 0.6) is 0 Å². The number of likely N-dealkylation sites (N-methyl/N-ethyl adjacent to an activating group) is 1. The van der Waals surface area contributed by atoms with E-state index in [0.717, 1.165) is 26.1 Å². The van der Waals surface area contributed by atoms with Crippen molar-refractivity contribution in [3.05, 3.63) is 0 Å². The van der Waals surface area contributed by atoms with Gasteiger partial charge < -0.3 is 5.32 Å². The monoisotopic (exact) mass is 194 g/mol. The summed E-state index contributed by atoms with van der Waals surface area (Å²) in [5.41, 5.74) is 0. The summed E-state index contributed by atoms with van der Waals surface area (Å²) in [7, 11) is 5.88. The van der Waals surface area contributed by atoms with Crippen LogP contribution in [0, 0.1) is 0 Å². The lowest BCUT2D eigenvalue weighted by molar-refractivity contribution is -0.118. The molecule has 0 aromatic heterocycles. The molecule has 14 heavy (non-hydrogen) atoms. The van der Waals surface area contributed by atoms with Crippen molar-refractivity contribution in [2.45, 2.75) is 32.1 Å². The molecule has 1 heterocycles. The molecule has 1 saturated heterocycles. The molecule has 1 fully saturated rings. The van der Waals surface area contributed by atoms with Crippen LogP contribution >= 0.6 is 0 Å². The van der Waals surface area contributed by atoms with Crippen molar-refractivity contribution in [1.29, 1.82) is 0 Å². The number of nitrogens with zero attached hydrogens (tertiary/aromatic N) is 1. The molecule has 1 aliphatic rings. The fourth-order valence-corrected chi connectivity index (χ4v) is 2.03. The van der Waals surface area contributed by atoms with Crippen molar-refractivity contribution in [2.24, 2.45) is 0 Å². The molecule has 0 amide bonds. The number of rotatable bonds is 5. The number of carbonyl (C=O) groups is 1. The summed E-state index contributed by atoms with van der Waals surface area (Å²) < 4.78 is 0. The fraction of sp³-hybridized carbons (Fsp3) is 0.900. The lowest BCUT2D eigenvalue weighted by Gasteiger charge is -2.23. The number of ketones is 1. The van der Waals surface area contributed by atoms with Crippen molar-refractivity contribution < 1.29 is 4.79 Å². The van der Waals surface area contributed by atoms with E-state index in [1.165, 1.54) is 0 Å². The maximum atomic E-state index is 11.0. The maximum absolute atomic E-state index is 11.0. The summed E-state index contributed by atoms with van der Waals surface area (Å²) in [6.07, 6.45) is 1.00. The van der Waals surface area contributed by atoms with Crippen LogP contribution in [0.15, 0.2) is 0 Å². The standard InChI is InChI=1S/C10H19BN2O/c1-3-12-5-10-4-9(11)7-13(10)6-8(2)14/h9-10,12H,3-7H2,1-2H3/t9-,10+/m0/s1. The predicted molar refractivity (Wildman–Crippen MR) is 58.7 cm³/mol. The highest BCUT2D eigenvalue weighted by atomic mass is 16.1. The second-order valence-electron chi connectivity index (χ2n) is 4.09. The van der Waals surface area contributed by atoms with Gasteiger partial charge in [-0.05, 0) is 26.4 Å². The van der Waals surface area contributed by atoms with E-state index < -0.39 is 0 Å². The SMILES string of the molecule is [B][C@H]1C[C@H](CNCC)N(CC(C)=O)C1. The molecule has 0 saturated carbocycles. The van der Waals surface area contributed by atoms with E-state index >= 15 is 0 Å². The van der Waals surface area contributed by atoms with Crippen LogP contribution in [0.2, 0.25) is 5.82 Å². The Morgan fingerprint density at radius 3 is 2.93 bits per heavy atom. The molecule has 0 aromatic rings. The molecule has 1 aliphatic heterocycles. The first-order chi connectivity index (χ1) is 6.63. The summed E-state index contributed by atoms with van der Waals surface area (Å²) in [5, 5.41) is 3.31. The zero-order valence-electron chi connectivity index (χ0n) is 9.12. The Labute approximate surface area is 87.6 Å². The Morgan fingerprint density at radius 2 is 2.36 bits per heavy atom. The van der Waals surface area contributed by atoms with Crippen LogP contribution in [0.1, 0.15) is 20.3 Å². The molecule has 0 aliphatic carbocycles. The van der Waals surface area contributed by atoms with Gasteiger partial charge in [0.05, 0.1) is 14.4 Å². The number of Topliss-reactive ketones (excluding diaryl/α,β-unsaturated/α-hetero) is 1. The van der Waals surface area contributed by atoms with Crippen LogP contribution in [0.4, 0.5) is 0 Å². The molecular weight excluding hydrogens is 175 g/mol. The van der Waals surface area contributed by atoms with Gasteiger partial charge in [0, 0.05) is 12.6 Å². The Kier molecular flexibility index (Phi) is 4.62. The van der Waals surface area contributed by atoms with Gasteiger partial charge in [0.1, 0.15) is 5.78 Å². The molecule has 1 rings (SSSR count). The largest absolute Gasteiger partial charge is 0.315 e. The maximum Gasteiger partial charge on any atom is 0.143 e. The molecular formula is C10H19BN2O. The van der Waals surface area contributed by atoms with Crippen LogP contribution in [0.3, 0.4) is 0 Å². The molecule has 78 valence electrons. The van der Waals surface area contributed by atoms with Crippen LogP contribution in [-0.4, -0.2) is 50.8 Å². The first kappa shape index (κ1) is 11.7. The van der Waals surface area contributed by atoms with Gasteiger partial charge >= 0.3 is 0 Å². The van der Waals surface area contributed by atoms with Crippen LogP contribution < -0.4 is 5.32 Å². The van der Waals surface area contributed by atoms with Gasteiger partial charge in [-0.15, -0.1) is 0 Å². The minimum Gasteiger partial charge on any atom is -0.315 e. The van der Waals surface area contributed by atoms with Crippen molar-refractivity contribution in [2.75, 3.05) is 26.2 Å². The van der Waals surface area contributed by atoms with Gasteiger partial charge in [0.25, 0.3) is 0 Å². The summed E-state index contributed by atoms with van der Waals surface area (Å²) >= 11 is 0. The van der Waals surface area contributed by atoms with Gasteiger partial charge in [-0.3, -0.25) is 9.69 Å². The molecule has 2 atom stereocenters. The first-order valence-corrected chi connectivity index (χ1v) is 5.33. The molecule has 0 unspecified atom stereocenters. The molecule has 0 bridgehead atoms. The van der Waals surface area contributed by atoms with E-state index in [4.69, 9.17) is 7.85 Å². The van der Waals surface area contributed by atoms with Crippen LogP contribution in [0.25, 0.3) is 0 Å². The summed E-state index contributed by atoms with van der Waals surface area (Å²) in [6.45, 7) is 7.04. The van der Waals surface area contributed by atoms with Gasteiger partial charge in [-0.2, -0.15) is 0 Å². The molecule has 0 spiro atoms. The Bertz CT molecular complexity index is 199. The quantitative estimate of drug-likeness (QED) is 0.635. The van der Waals surface area contributed by atoms with E-state index in [9.17, 15) is 4.79 Å². The van der Waals surface area contributed by atoms with E-state index in [1.807, 2.05) is 0 Å². The van der Waals surface area contributed by atoms with Gasteiger partial charge in [0.2, 0.25) is 0 Å². The van der Waals surface area contributed by atoms with Crippen molar-refractivity contribution >= 4 is 13.6 Å². The molecule has 2 radical (unpaired) electrons. The normalized spacial score (nSPS) is 28.1. The third kappa shape index (κ3) is 3.43. The molecule has 3 nitrogen and oxygen atoms in total. The van der Waals surface area contributed by atoms with Crippen LogP contribution in [-0.2, 0) is 4.79 Å². The predicted octanol–water partition coefficient (Wildman–Crippen LogP) is 0.216. The van der Waals surface area contributed by atoms with E-state index in [0.29, 0.717) is 12.6 Å². The molecule has 0 aromatic carbocycles. The van der Waals surface area contributed by atoms with Crippen molar-refractivity contribution in [1.82, 2.24) is 10.2 Å². The summed E-state index contributed by atoms with van der Waals surface area (Å²) in [6, 6.07) is 0.439. The number of hydrogen-bond acceptors (Lipinski definition) is 3. The summed E-state index contributed by atoms with van der Waals surface area (Å²) in [4.78, 5) is 13.2. The highest BCUT2D eigenvalue weighted by molar-refractivity contribution is 6.12. The van der Waals surface area contributed by atoms with E-state index in [1.54, 1.807) is 6.92 Å². The summed E-state index contributed by atoms with van der Waals surface area (Å²) in [5.74, 6) is 0.457. The number of nitrogens with one attached hydrogen (secondary N) is 1. The zero-order chi connectivity index (χ0) is 10.6. The highest BCUT2D eigenvalue weighted by Crippen LogP contribution is 2.24. The van der Waals surface area contributed by atoms with Gasteiger partial charge in [-0.1, -0.05) is 12.7 Å². The van der Waals surface area contributed by atoms with Gasteiger partial charge in [0.15, 0.2) is 0 Å². The third-order valence-electron chi connectivity index (χ3n) is 2.62.